The van der Waals surface area contributed by atoms with Crippen LogP contribution in [0.3, 0.4) is 0 Å². The quantitative estimate of drug-likeness (QED) is 0.766. The predicted molar refractivity (Wildman–Crippen MR) is 72.6 cm³/mol. The number of halogens is 1. The van der Waals surface area contributed by atoms with Crippen LogP contribution in [0.5, 0.6) is 0 Å². The van der Waals surface area contributed by atoms with Gasteiger partial charge in [0, 0.05) is 18.6 Å². The standard InChI is InChI=1S/C12H13ClN2O4S/c1-15(6-5-12(16)19-2)20(17,18)11-7-10(13)4-3-9(11)8-14/h3-4,7H,5-6H2,1-2H3. The maximum Gasteiger partial charge on any atom is 0.306 e. The number of hydrogen-bond donors (Lipinski definition) is 0. The van der Waals surface area contributed by atoms with Crippen LogP contribution in [0.15, 0.2) is 23.1 Å². The summed E-state index contributed by atoms with van der Waals surface area (Å²) in [6.07, 6.45) is -0.0747. The Morgan fingerprint density at radius 2 is 2.15 bits per heavy atom. The minimum Gasteiger partial charge on any atom is -0.469 e. The number of carbonyl (C=O) groups excluding carboxylic acids is 1. The molecule has 0 unspecified atom stereocenters. The zero-order valence-electron chi connectivity index (χ0n) is 11.0. The van der Waals surface area contributed by atoms with Gasteiger partial charge in [-0.1, -0.05) is 11.6 Å². The molecule has 0 heterocycles. The first-order valence-corrected chi connectivity index (χ1v) is 7.37. The molecule has 0 radical (unpaired) electrons. The smallest absolute Gasteiger partial charge is 0.306 e. The van der Waals surface area contributed by atoms with E-state index in [1.54, 1.807) is 6.07 Å². The Balaban J connectivity index is 3.08. The summed E-state index contributed by atoms with van der Waals surface area (Å²) in [5.41, 5.74) is -0.000631. The Morgan fingerprint density at radius 1 is 1.50 bits per heavy atom. The molecule has 0 aliphatic heterocycles. The van der Waals surface area contributed by atoms with Crippen LogP contribution in [0.4, 0.5) is 0 Å². The first kappa shape index (κ1) is 16.4. The summed E-state index contributed by atoms with van der Waals surface area (Å²) in [7, 11) is -1.35. The van der Waals surface area contributed by atoms with Crippen LogP contribution in [0.1, 0.15) is 12.0 Å². The number of rotatable bonds is 5. The molecule has 1 aromatic rings. The predicted octanol–water partition coefficient (Wildman–Crippen LogP) is 1.40. The largest absolute Gasteiger partial charge is 0.469 e. The van der Waals surface area contributed by atoms with E-state index in [9.17, 15) is 13.2 Å². The minimum atomic E-state index is -3.89. The summed E-state index contributed by atoms with van der Waals surface area (Å²) >= 11 is 5.77. The van der Waals surface area contributed by atoms with Gasteiger partial charge in [-0.15, -0.1) is 0 Å². The average molecular weight is 317 g/mol. The van der Waals surface area contributed by atoms with Gasteiger partial charge in [0.1, 0.15) is 11.0 Å². The Bertz CT molecular complexity index is 652. The van der Waals surface area contributed by atoms with Crippen molar-refractivity contribution < 1.29 is 17.9 Å². The molecule has 0 aliphatic rings. The summed E-state index contributed by atoms with van der Waals surface area (Å²) in [6, 6.07) is 5.79. The van der Waals surface area contributed by atoms with Crippen molar-refractivity contribution in [2.45, 2.75) is 11.3 Å². The molecule has 0 amide bonds. The molecule has 0 fully saturated rings. The minimum absolute atomic E-state index is 0.000631. The lowest BCUT2D eigenvalue weighted by molar-refractivity contribution is -0.140. The van der Waals surface area contributed by atoms with E-state index in [1.807, 2.05) is 0 Å². The normalized spacial score (nSPS) is 11.2. The summed E-state index contributed by atoms with van der Waals surface area (Å²) in [4.78, 5) is 10.9. The fourth-order valence-corrected chi connectivity index (χ4v) is 3.01. The van der Waals surface area contributed by atoms with Gasteiger partial charge in [-0.2, -0.15) is 5.26 Å². The monoisotopic (exact) mass is 316 g/mol. The number of ether oxygens (including phenoxy) is 1. The zero-order chi connectivity index (χ0) is 15.3. The molecule has 20 heavy (non-hydrogen) atoms. The molecule has 1 rings (SSSR count). The number of benzene rings is 1. The second-order valence-corrected chi connectivity index (χ2v) is 6.35. The van der Waals surface area contributed by atoms with Gasteiger partial charge in [0.2, 0.25) is 10.0 Å². The maximum absolute atomic E-state index is 12.3. The first-order chi connectivity index (χ1) is 9.32. The zero-order valence-corrected chi connectivity index (χ0v) is 12.5. The molecular formula is C12H13ClN2O4S. The molecule has 0 N–H and O–H groups in total. The second kappa shape index (κ2) is 6.70. The van der Waals surface area contributed by atoms with Gasteiger partial charge >= 0.3 is 5.97 Å². The van der Waals surface area contributed by atoms with Crippen LogP contribution >= 0.6 is 11.6 Å². The van der Waals surface area contributed by atoms with Crippen LogP contribution in [0, 0.1) is 11.3 Å². The van der Waals surface area contributed by atoms with Crippen molar-refractivity contribution in [1.82, 2.24) is 4.31 Å². The fourth-order valence-electron chi connectivity index (χ4n) is 1.44. The van der Waals surface area contributed by atoms with E-state index in [0.717, 1.165) is 4.31 Å². The number of esters is 1. The molecule has 0 aromatic heterocycles. The van der Waals surface area contributed by atoms with Crippen molar-refractivity contribution in [3.8, 4) is 6.07 Å². The van der Waals surface area contributed by atoms with Crippen LogP contribution in [0.25, 0.3) is 0 Å². The molecule has 0 aliphatic carbocycles. The number of nitriles is 1. The van der Waals surface area contributed by atoms with Gasteiger partial charge in [0.25, 0.3) is 0 Å². The van der Waals surface area contributed by atoms with Crippen LogP contribution < -0.4 is 0 Å². The van der Waals surface area contributed by atoms with Gasteiger partial charge < -0.3 is 4.74 Å². The van der Waals surface area contributed by atoms with E-state index in [2.05, 4.69) is 4.74 Å². The molecular weight excluding hydrogens is 304 g/mol. The van der Waals surface area contributed by atoms with E-state index in [4.69, 9.17) is 16.9 Å². The highest BCUT2D eigenvalue weighted by atomic mass is 35.5. The van der Waals surface area contributed by atoms with Crippen LogP contribution in [0.2, 0.25) is 5.02 Å². The third-order valence-electron chi connectivity index (χ3n) is 2.61. The molecule has 6 nitrogen and oxygen atoms in total. The molecule has 0 saturated heterocycles. The van der Waals surface area contributed by atoms with E-state index in [1.165, 1.54) is 32.4 Å². The highest BCUT2D eigenvalue weighted by molar-refractivity contribution is 7.89. The number of nitrogens with zero attached hydrogens (tertiary/aromatic N) is 2. The maximum atomic E-state index is 12.3. The van der Waals surface area contributed by atoms with Gasteiger partial charge in [0.15, 0.2) is 0 Å². The number of carbonyl (C=O) groups is 1. The molecule has 0 bridgehead atoms. The second-order valence-electron chi connectivity index (χ2n) is 3.90. The Morgan fingerprint density at radius 3 is 2.70 bits per heavy atom. The van der Waals surface area contributed by atoms with Gasteiger partial charge in [0.05, 0.1) is 19.1 Å². The SMILES string of the molecule is COC(=O)CCN(C)S(=O)(=O)c1cc(Cl)ccc1C#N. The Labute approximate surface area is 122 Å². The fraction of sp³-hybridized carbons (Fsp3) is 0.333. The lowest BCUT2D eigenvalue weighted by Crippen LogP contribution is -2.30. The highest BCUT2D eigenvalue weighted by Crippen LogP contribution is 2.23. The first-order valence-electron chi connectivity index (χ1n) is 5.55. The van der Waals surface area contributed by atoms with E-state index in [0.29, 0.717) is 0 Å². The molecule has 0 saturated carbocycles. The van der Waals surface area contributed by atoms with Crippen molar-refractivity contribution >= 4 is 27.6 Å². The summed E-state index contributed by atoms with van der Waals surface area (Å²) < 4.78 is 30.1. The highest BCUT2D eigenvalue weighted by Gasteiger charge is 2.25. The number of methoxy groups -OCH3 is 1. The lowest BCUT2D eigenvalue weighted by atomic mass is 10.2. The average Bonchev–Trinajstić information content (AvgIpc) is 2.43. The molecule has 0 atom stereocenters. The van der Waals surface area contributed by atoms with Gasteiger partial charge in [-0.25, -0.2) is 12.7 Å². The summed E-state index contributed by atoms with van der Waals surface area (Å²) in [6.45, 7) is -0.0492. The van der Waals surface area contributed by atoms with E-state index < -0.39 is 16.0 Å². The van der Waals surface area contributed by atoms with Crippen molar-refractivity contribution in [3.05, 3.63) is 28.8 Å². The molecule has 1 aromatic carbocycles. The molecule has 8 heteroatoms. The summed E-state index contributed by atoms with van der Waals surface area (Å²) in [5, 5.41) is 9.17. The number of sulfonamides is 1. The van der Waals surface area contributed by atoms with Crippen molar-refractivity contribution in [1.29, 1.82) is 5.26 Å². The van der Waals surface area contributed by atoms with Crippen LogP contribution in [-0.2, 0) is 19.6 Å². The van der Waals surface area contributed by atoms with Crippen molar-refractivity contribution in [2.75, 3.05) is 20.7 Å². The van der Waals surface area contributed by atoms with E-state index >= 15 is 0 Å². The topological polar surface area (TPSA) is 87.5 Å². The number of hydrogen-bond acceptors (Lipinski definition) is 5. The van der Waals surface area contributed by atoms with Crippen molar-refractivity contribution in [2.24, 2.45) is 0 Å². The van der Waals surface area contributed by atoms with Crippen LogP contribution in [-0.4, -0.2) is 39.4 Å². The summed E-state index contributed by atoms with van der Waals surface area (Å²) in [5.74, 6) is -0.515. The lowest BCUT2D eigenvalue weighted by Gasteiger charge is -2.17. The Hall–Kier alpha value is -1.62. The van der Waals surface area contributed by atoms with Gasteiger partial charge in [-0.05, 0) is 18.2 Å². The molecule has 108 valence electrons. The molecule has 0 spiro atoms. The van der Waals surface area contributed by atoms with E-state index in [-0.39, 0.29) is 28.4 Å². The third kappa shape index (κ3) is 3.70. The third-order valence-corrected chi connectivity index (χ3v) is 4.74. The van der Waals surface area contributed by atoms with Gasteiger partial charge in [-0.3, -0.25) is 4.79 Å². The van der Waals surface area contributed by atoms with Crippen molar-refractivity contribution in [3.63, 3.8) is 0 Å². The Kier molecular flexibility index (Phi) is 5.51.